The molecule has 0 bridgehead atoms. The zero-order chi connectivity index (χ0) is 16.6. The van der Waals surface area contributed by atoms with Crippen molar-refractivity contribution in [2.45, 2.75) is 44.6 Å². The molecule has 1 N–H and O–H groups in total. The molecule has 124 valence electrons. The van der Waals surface area contributed by atoms with E-state index in [0.717, 1.165) is 19.4 Å². The van der Waals surface area contributed by atoms with Crippen molar-refractivity contribution in [3.05, 3.63) is 52.6 Å². The number of carbonyl (C=O) groups is 1. The summed E-state index contributed by atoms with van der Waals surface area (Å²) in [6, 6.07) is 1.93. The smallest absolute Gasteiger partial charge is 0.326 e. The molecule has 0 saturated carbocycles. The Morgan fingerprint density at radius 2 is 1.75 bits per heavy atom. The van der Waals surface area contributed by atoms with Crippen LogP contribution in [0.25, 0.3) is 0 Å². The van der Waals surface area contributed by atoms with Crippen LogP contribution in [-0.2, 0) is 4.79 Å². The van der Waals surface area contributed by atoms with Gasteiger partial charge in [0.1, 0.15) is 6.04 Å². The molecule has 1 aromatic carbocycles. The molecule has 2 aliphatic carbocycles. The fraction of sp³-hybridized carbons (Fsp3) is 0.476. The molecule has 0 saturated heterocycles. The van der Waals surface area contributed by atoms with Gasteiger partial charge in [-0.25, -0.2) is 4.79 Å². The third-order valence-electron chi connectivity index (χ3n) is 6.68. The molecule has 5 rings (SSSR count). The molecule has 4 aliphatic rings. The molecule has 24 heavy (non-hydrogen) atoms. The van der Waals surface area contributed by atoms with E-state index >= 15 is 0 Å². The Balaban J connectivity index is 1.82. The lowest BCUT2D eigenvalue weighted by molar-refractivity contribution is -0.140. The molecular formula is C21H23NO2. The van der Waals surface area contributed by atoms with Crippen molar-refractivity contribution in [1.29, 1.82) is 0 Å². The first-order valence-electron chi connectivity index (χ1n) is 9.04. The fourth-order valence-electron chi connectivity index (χ4n) is 5.82. The van der Waals surface area contributed by atoms with Crippen molar-refractivity contribution in [2.75, 3.05) is 11.4 Å². The number of anilines is 1. The molecule has 3 nitrogen and oxygen atoms in total. The van der Waals surface area contributed by atoms with E-state index in [9.17, 15) is 9.90 Å². The van der Waals surface area contributed by atoms with Crippen molar-refractivity contribution >= 4 is 11.7 Å². The number of nitrogens with zero attached hydrogens (tertiary/aromatic N) is 1. The van der Waals surface area contributed by atoms with Gasteiger partial charge in [-0.2, -0.15) is 0 Å². The summed E-state index contributed by atoms with van der Waals surface area (Å²) in [6.45, 7) is 5.27. The molecule has 0 spiro atoms. The number of allylic oxidation sites excluding steroid dienone is 4. The van der Waals surface area contributed by atoms with Crippen LogP contribution in [0.4, 0.5) is 5.69 Å². The predicted molar refractivity (Wildman–Crippen MR) is 94.7 cm³/mol. The minimum absolute atomic E-state index is 0.176. The fourth-order valence-corrected chi connectivity index (χ4v) is 5.82. The van der Waals surface area contributed by atoms with Crippen molar-refractivity contribution in [3.63, 3.8) is 0 Å². The first-order chi connectivity index (χ1) is 11.6. The molecule has 0 amide bonds. The summed E-state index contributed by atoms with van der Waals surface area (Å²) in [6.07, 6.45) is 11.0. The Morgan fingerprint density at radius 1 is 1.08 bits per heavy atom. The first-order valence-corrected chi connectivity index (χ1v) is 9.04. The van der Waals surface area contributed by atoms with E-state index in [2.05, 4.69) is 49.1 Å². The molecule has 0 fully saturated rings. The molecule has 0 radical (unpaired) electrons. The summed E-state index contributed by atoms with van der Waals surface area (Å²) in [5.41, 5.74) is 6.68. The topological polar surface area (TPSA) is 40.5 Å². The van der Waals surface area contributed by atoms with Crippen molar-refractivity contribution in [2.24, 2.45) is 11.8 Å². The number of rotatable bonds is 1. The number of benzene rings is 1. The van der Waals surface area contributed by atoms with Crippen molar-refractivity contribution < 1.29 is 9.90 Å². The third-order valence-corrected chi connectivity index (χ3v) is 6.68. The largest absolute Gasteiger partial charge is 0.480 e. The van der Waals surface area contributed by atoms with E-state index in [1.54, 1.807) is 0 Å². The summed E-state index contributed by atoms with van der Waals surface area (Å²) in [7, 11) is 0. The lowest BCUT2D eigenvalue weighted by Crippen LogP contribution is -2.54. The van der Waals surface area contributed by atoms with E-state index in [1.165, 1.54) is 27.9 Å². The van der Waals surface area contributed by atoms with Gasteiger partial charge < -0.3 is 10.0 Å². The lowest BCUT2D eigenvalue weighted by Gasteiger charge is -2.50. The van der Waals surface area contributed by atoms with Crippen LogP contribution in [0, 0.1) is 25.7 Å². The predicted octanol–water partition coefficient (Wildman–Crippen LogP) is 3.91. The number of carboxylic acids is 1. The maximum atomic E-state index is 12.2. The lowest BCUT2D eigenvalue weighted by atomic mass is 9.70. The number of hydrogen-bond donors (Lipinski definition) is 1. The van der Waals surface area contributed by atoms with Crippen LogP contribution < -0.4 is 4.90 Å². The maximum Gasteiger partial charge on any atom is 0.326 e. The van der Waals surface area contributed by atoms with Gasteiger partial charge in [-0.3, -0.25) is 0 Å². The molecule has 0 unspecified atom stereocenters. The molecular weight excluding hydrogens is 298 g/mol. The number of aryl methyl sites for hydroxylation is 2. The Hall–Kier alpha value is -2.03. The molecule has 2 aliphatic heterocycles. The summed E-state index contributed by atoms with van der Waals surface area (Å²) in [4.78, 5) is 14.4. The van der Waals surface area contributed by atoms with Gasteiger partial charge in [-0.1, -0.05) is 30.4 Å². The van der Waals surface area contributed by atoms with Crippen LogP contribution in [0.15, 0.2) is 30.4 Å². The third kappa shape index (κ3) is 1.65. The maximum absolute atomic E-state index is 12.2. The SMILES string of the molecule is Cc1cc(C)c2c3c1[C@H]1C=CC[C@@H]1[C@@H](C(=O)O)N3C[C@H]1CC=C[C@@H]21. The van der Waals surface area contributed by atoms with Gasteiger partial charge in [0.15, 0.2) is 0 Å². The van der Waals surface area contributed by atoms with Gasteiger partial charge in [0.25, 0.3) is 0 Å². The average molecular weight is 321 g/mol. The van der Waals surface area contributed by atoms with E-state index in [0.29, 0.717) is 11.8 Å². The highest BCUT2D eigenvalue weighted by Crippen LogP contribution is 2.56. The van der Waals surface area contributed by atoms with Crippen LogP contribution >= 0.6 is 0 Å². The Kier molecular flexibility index (Phi) is 2.83. The van der Waals surface area contributed by atoms with E-state index in [4.69, 9.17) is 0 Å². The van der Waals surface area contributed by atoms with Gasteiger partial charge in [-0.05, 0) is 54.9 Å². The minimum Gasteiger partial charge on any atom is -0.480 e. The molecule has 2 heterocycles. The van der Waals surface area contributed by atoms with Gasteiger partial charge >= 0.3 is 5.97 Å². The standard InChI is InChI=1S/C21H23NO2/c1-11-9-12(2)18-15-7-4-8-16(15)19(21(23)24)22-10-13-5-3-6-14(13)17(11)20(18)22/h3-4,6-7,9,13-16,19H,5,8,10H2,1-2H3,(H,23,24)/t13-,14-,15+,16+,19+/m1/s1. The molecule has 3 heteroatoms. The summed E-state index contributed by atoms with van der Waals surface area (Å²) in [5, 5.41) is 10.0. The monoisotopic (exact) mass is 321 g/mol. The Labute approximate surface area is 142 Å². The Bertz CT molecular complexity index is 786. The van der Waals surface area contributed by atoms with Crippen LogP contribution in [0.3, 0.4) is 0 Å². The zero-order valence-electron chi connectivity index (χ0n) is 14.2. The van der Waals surface area contributed by atoms with Crippen LogP contribution in [-0.4, -0.2) is 23.7 Å². The molecule has 1 aromatic rings. The van der Waals surface area contributed by atoms with Gasteiger partial charge in [-0.15, -0.1) is 0 Å². The molecule has 5 atom stereocenters. The second-order valence-electron chi connectivity index (χ2n) is 7.92. The number of fused-ring (bicyclic) bond motifs is 4. The minimum atomic E-state index is -0.658. The normalized spacial score (nSPS) is 34.9. The number of aliphatic carboxylic acids is 1. The zero-order valence-corrected chi connectivity index (χ0v) is 14.2. The van der Waals surface area contributed by atoms with Crippen molar-refractivity contribution in [3.8, 4) is 0 Å². The number of carboxylic acid groups (broad SMARTS) is 1. The summed E-state index contributed by atoms with van der Waals surface area (Å²) in [5.74, 6) is 0.772. The second-order valence-corrected chi connectivity index (χ2v) is 7.92. The van der Waals surface area contributed by atoms with Crippen LogP contribution in [0.1, 0.15) is 46.9 Å². The van der Waals surface area contributed by atoms with Crippen molar-refractivity contribution in [1.82, 2.24) is 0 Å². The van der Waals surface area contributed by atoms with Gasteiger partial charge in [0.05, 0.1) is 0 Å². The van der Waals surface area contributed by atoms with E-state index < -0.39 is 5.97 Å². The summed E-state index contributed by atoms with van der Waals surface area (Å²) < 4.78 is 0. The van der Waals surface area contributed by atoms with Gasteiger partial charge in [0.2, 0.25) is 0 Å². The van der Waals surface area contributed by atoms with Crippen LogP contribution in [0.5, 0.6) is 0 Å². The Morgan fingerprint density at radius 3 is 2.50 bits per heavy atom. The second kappa shape index (κ2) is 4.75. The van der Waals surface area contributed by atoms with Gasteiger partial charge in [0, 0.05) is 30.0 Å². The van der Waals surface area contributed by atoms with E-state index in [-0.39, 0.29) is 17.9 Å². The highest BCUT2D eigenvalue weighted by molar-refractivity contribution is 5.84. The molecule has 0 aromatic heterocycles. The van der Waals surface area contributed by atoms with Crippen LogP contribution in [0.2, 0.25) is 0 Å². The van der Waals surface area contributed by atoms with E-state index in [1.807, 2.05) is 0 Å². The summed E-state index contributed by atoms with van der Waals surface area (Å²) >= 11 is 0. The highest BCUT2D eigenvalue weighted by atomic mass is 16.4. The first kappa shape index (κ1) is 14.3. The number of hydrogen-bond acceptors (Lipinski definition) is 2. The quantitative estimate of drug-likeness (QED) is 0.797. The highest BCUT2D eigenvalue weighted by Gasteiger charge is 2.50. The average Bonchev–Trinajstić information content (AvgIpc) is 3.17.